The zero-order valence-corrected chi connectivity index (χ0v) is 14.4. The molecule has 0 bridgehead atoms. The number of nitrogens with zero attached hydrogens (tertiary/aromatic N) is 1. The van der Waals surface area contributed by atoms with Crippen LogP contribution in [0.5, 0.6) is 28.7 Å². The number of rotatable bonds is 7. The van der Waals surface area contributed by atoms with Crippen LogP contribution < -0.4 is 25.5 Å². The number of aromatic nitrogens is 2. The van der Waals surface area contributed by atoms with Gasteiger partial charge in [0.05, 0.1) is 13.3 Å². The Balaban J connectivity index is 1.81. The van der Waals surface area contributed by atoms with E-state index in [-0.39, 0.29) is 12.4 Å². The minimum Gasteiger partial charge on any atom is -0.507 e. The Labute approximate surface area is 154 Å². The van der Waals surface area contributed by atoms with Crippen molar-refractivity contribution >= 4 is 5.91 Å². The SMILES string of the molecule is COc1cccc(Oc2cn[nH]c2-c2ccc(OCC(=O)NN)cc2O)c1. The predicted molar refractivity (Wildman–Crippen MR) is 96.6 cm³/mol. The fourth-order valence-corrected chi connectivity index (χ4v) is 2.34. The summed E-state index contributed by atoms with van der Waals surface area (Å²) in [5.74, 6) is 6.39. The molecule has 0 aliphatic carbocycles. The van der Waals surface area contributed by atoms with Crippen molar-refractivity contribution in [2.24, 2.45) is 5.84 Å². The van der Waals surface area contributed by atoms with Gasteiger partial charge in [0.1, 0.15) is 28.7 Å². The number of nitrogens with two attached hydrogens (primary N) is 1. The van der Waals surface area contributed by atoms with E-state index in [0.717, 1.165) is 0 Å². The van der Waals surface area contributed by atoms with Crippen molar-refractivity contribution in [2.75, 3.05) is 13.7 Å². The van der Waals surface area contributed by atoms with Crippen LogP contribution in [0.1, 0.15) is 0 Å². The Hall–Kier alpha value is -3.72. The Bertz CT molecular complexity index is 941. The van der Waals surface area contributed by atoms with Gasteiger partial charge in [-0.2, -0.15) is 5.10 Å². The second kappa shape index (κ2) is 8.11. The van der Waals surface area contributed by atoms with Crippen molar-refractivity contribution in [3.8, 4) is 40.0 Å². The highest BCUT2D eigenvalue weighted by Crippen LogP contribution is 2.38. The molecule has 0 aliphatic heterocycles. The lowest BCUT2D eigenvalue weighted by Crippen LogP contribution is -2.34. The Morgan fingerprint density at radius 3 is 2.78 bits per heavy atom. The van der Waals surface area contributed by atoms with Gasteiger partial charge in [0.15, 0.2) is 12.4 Å². The number of phenols is 1. The van der Waals surface area contributed by atoms with Gasteiger partial charge in [-0.3, -0.25) is 15.3 Å². The highest BCUT2D eigenvalue weighted by molar-refractivity contribution is 5.77. The third-order valence-electron chi connectivity index (χ3n) is 3.64. The summed E-state index contributed by atoms with van der Waals surface area (Å²) in [4.78, 5) is 11.1. The Morgan fingerprint density at radius 1 is 1.22 bits per heavy atom. The molecule has 1 aromatic heterocycles. The maximum Gasteiger partial charge on any atom is 0.271 e. The number of benzene rings is 2. The quantitative estimate of drug-likeness (QED) is 0.284. The molecule has 5 N–H and O–H groups in total. The number of phenolic OH excluding ortho intramolecular Hbond substituents is 1. The monoisotopic (exact) mass is 370 g/mol. The van der Waals surface area contributed by atoms with E-state index in [9.17, 15) is 9.90 Å². The normalized spacial score (nSPS) is 10.3. The number of ether oxygens (including phenoxy) is 3. The molecule has 0 radical (unpaired) electrons. The van der Waals surface area contributed by atoms with Crippen molar-refractivity contribution < 1.29 is 24.1 Å². The van der Waals surface area contributed by atoms with Crippen molar-refractivity contribution in [1.82, 2.24) is 15.6 Å². The van der Waals surface area contributed by atoms with E-state index < -0.39 is 5.91 Å². The largest absolute Gasteiger partial charge is 0.507 e. The fourth-order valence-electron chi connectivity index (χ4n) is 2.34. The van der Waals surface area contributed by atoms with Crippen LogP contribution in [0.4, 0.5) is 0 Å². The minimum absolute atomic E-state index is 0.0691. The molecule has 1 heterocycles. The van der Waals surface area contributed by atoms with Crippen LogP contribution in [0.3, 0.4) is 0 Å². The standard InChI is InChI=1S/C18H18N4O5/c1-25-11-3-2-4-13(7-11)27-16-9-20-22-18(16)14-6-5-12(8-15(14)23)26-10-17(24)21-19/h2-9,23H,10,19H2,1H3,(H,20,22)(H,21,24). The first kappa shape index (κ1) is 18.1. The zero-order valence-electron chi connectivity index (χ0n) is 14.4. The molecule has 0 atom stereocenters. The molecule has 27 heavy (non-hydrogen) atoms. The number of hydrazine groups is 1. The summed E-state index contributed by atoms with van der Waals surface area (Å²) < 4.78 is 16.3. The van der Waals surface area contributed by atoms with Gasteiger partial charge in [0.25, 0.3) is 5.91 Å². The first-order valence-corrected chi connectivity index (χ1v) is 7.91. The summed E-state index contributed by atoms with van der Waals surface area (Å²) in [5, 5.41) is 17.1. The molecular weight excluding hydrogens is 352 g/mol. The van der Waals surface area contributed by atoms with Crippen LogP contribution in [0.2, 0.25) is 0 Å². The number of aromatic amines is 1. The van der Waals surface area contributed by atoms with Gasteiger partial charge >= 0.3 is 0 Å². The van der Waals surface area contributed by atoms with Gasteiger partial charge in [-0.25, -0.2) is 5.84 Å². The molecular formula is C18H18N4O5. The average Bonchev–Trinajstić information content (AvgIpc) is 3.14. The third kappa shape index (κ3) is 4.28. The lowest BCUT2D eigenvalue weighted by atomic mass is 10.1. The average molecular weight is 370 g/mol. The molecule has 140 valence electrons. The summed E-state index contributed by atoms with van der Waals surface area (Å²) in [6.07, 6.45) is 1.50. The number of carbonyl (C=O) groups excluding carboxylic acids is 1. The van der Waals surface area contributed by atoms with Gasteiger partial charge in [-0.15, -0.1) is 0 Å². The number of H-pyrrole nitrogens is 1. The number of hydrogen-bond donors (Lipinski definition) is 4. The molecule has 0 spiro atoms. The van der Waals surface area contributed by atoms with E-state index in [1.165, 1.54) is 12.3 Å². The van der Waals surface area contributed by atoms with Crippen molar-refractivity contribution in [3.05, 3.63) is 48.7 Å². The molecule has 9 heteroatoms. The first-order valence-electron chi connectivity index (χ1n) is 7.91. The molecule has 3 rings (SSSR count). The van der Waals surface area contributed by atoms with Crippen LogP contribution in [-0.2, 0) is 4.79 Å². The number of amides is 1. The van der Waals surface area contributed by atoms with E-state index in [1.54, 1.807) is 43.5 Å². The predicted octanol–water partition coefficient (Wildman–Crippen LogP) is 1.95. The highest BCUT2D eigenvalue weighted by Gasteiger charge is 2.15. The topological polar surface area (TPSA) is 132 Å². The Morgan fingerprint density at radius 2 is 2.04 bits per heavy atom. The number of nitrogens with one attached hydrogen (secondary N) is 2. The minimum atomic E-state index is -0.485. The number of aromatic hydroxyl groups is 1. The molecule has 0 saturated heterocycles. The maximum absolute atomic E-state index is 11.1. The van der Waals surface area contributed by atoms with Gasteiger partial charge in [-0.1, -0.05) is 6.07 Å². The summed E-state index contributed by atoms with van der Waals surface area (Å²) in [7, 11) is 1.57. The van der Waals surface area contributed by atoms with E-state index in [0.29, 0.717) is 34.3 Å². The third-order valence-corrected chi connectivity index (χ3v) is 3.64. The van der Waals surface area contributed by atoms with Gasteiger partial charge in [0, 0.05) is 17.7 Å². The van der Waals surface area contributed by atoms with E-state index in [4.69, 9.17) is 20.1 Å². The lowest BCUT2D eigenvalue weighted by molar-refractivity contribution is -0.123. The Kier molecular flexibility index (Phi) is 5.43. The zero-order chi connectivity index (χ0) is 19.2. The van der Waals surface area contributed by atoms with Crippen LogP contribution in [0.15, 0.2) is 48.7 Å². The van der Waals surface area contributed by atoms with Gasteiger partial charge < -0.3 is 19.3 Å². The van der Waals surface area contributed by atoms with Crippen LogP contribution in [-0.4, -0.2) is 34.9 Å². The smallest absolute Gasteiger partial charge is 0.271 e. The van der Waals surface area contributed by atoms with Crippen LogP contribution in [0.25, 0.3) is 11.3 Å². The molecule has 3 aromatic rings. The number of methoxy groups -OCH3 is 1. The second-order valence-corrected chi connectivity index (χ2v) is 5.43. The molecule has 0 unspecified atom stereocenters. The summed E-state index contributed by atoms with van der Waals surface area (Å²) in [5.41, 5.74) is 2.90. The molecule has 0 saturated carbocycles. The van der Waals surface area contributed by atoms with Gasteiger partial charge in [-0.05, 0) is 24.3 Å². The molecule has 9 nitrogen and oxygen atoms in total. The van der Waals surface area contributed by atoms with Crippen molar-refractivity contribution in [2.45, 2.75) is 0 Å². The van der Waals surface area contributed by atoms with E-state index in [1.807, 2.05) is 5.43 Å². The fraction of sp³-hybridized carbons (Fsp3) is 0.111. The molecule has 2 aromatic carbocycles. The highest BCUT2D eigenvalue weighted by atomic mass is 16.5. The second-order valence-electron chi connectivity index (χ2n) is 5.43. The summed E-state index contributed by atoms with van der Waals surface area (Å²) >= 11 is 0. The van der Waals surface area contributed by atoms with E-state index in [2.05, 4.69) is 10.2 Å². The summed E-state index contributed by atoms with van der Waals surface area (Å²) in [6, 6.07) is 11.7. The number of hydrogen-bond acceptors (Lipinski definition) is 7. The van der Waals surface area contributed by atoms with Crippen molar-refractivity contribution in [1.29, 1.82) is 0 Å². The van der Waals surface area contributed by atoms with Crippen LogP contribution in [0, 0.1) is 0 Å². The molecule has 1 amide bonds. The first-order chi connectivity index (χ1) is 13.1. The summed E-state index contributed by atoms with van der Waals surface area (Å²) in [6.45, 7) is -0.260. The molecule has 0 aliphatic rings. The molecule has 0 fully saturated rings. The lowest BCUT2D eigenvalue weighted by Gasteiger charge is -2.10. The number of carbonyl (C=O) groups is 1. The van der Waals surface area contributed by atoms with Crippen LogP contribution >= 0.6 is 0 Å². The van der Waals surface area contributed by atoms with Gasteiger partial charge in [0.2, 0.25) is 0 Å². The maximum atomic E-state index is 11.1. The van der Waals surface area contributed by atoms with E-state index >= 15 is 0 Å². The van der Waals surface area contributed by atoms with Crippen molar-refractivity contribution in [3.63, 3.8) is 0 Å².